The second-order valence-corrected chi connectivity index (χ2v) is 8.14. The number of likely N-dealkylation sites (N-methyl/N-ethyl adjacent to an activating group) is 1. The molecule has 0 radical (unpaired) electrons. The number of carbonyl (C=O) groups excluding carboxylic acids is 2. The first-order valence-electron chi connectivity index (χ1n) is 9.58. The number of thiophene rings is 1. The summed E-state index contributed by atoms with van der Waals surface area (Å²) < 4.78 is 10.7. The van der Waals surface area contributed by atoms with Crippen LogP contribution in [0.15, 0.2) is 21.3 Å². The molecule has 0 bridgehead atoms. The van der Waals surface area contributed by atoms with E-state index in [0.29, 0.717) is 51.0 Å². The molecule has 2 aromatic heterocycles. The highest BCUT2D eigenvalue weighted by Gasteiger charge is 2.36. The summed E-state index contributed by atoms with van der Waals surface area (Å²) in [4.78, 5) is 32.7. The molecule has 2 aromatic rings. The van der Waals surface area contributed by atoms with E-state index in [9.17, 15) is 9.59 Å². The molecule has 28 heavy (non-hydrogen) atoms. The molecular weight excluding hydrogens is 380 g/mol. The van der Waals surface area contributed by atoms with E-state index in [2.05, 4.69) is 10.1 Å². The van der Waals surface area contributed by atoms with Crippen LogP contribution < -0.4 is 0 Å². The molecule has 0 aromatic carbocycles. The fraction of sp³-hybridized carbons (Fsp3) is 0.579. The Bertz CT molecular complexity index is 810. The van der Waals surface area contributed by atoms with Crippen LogP contribution in [0, 0.1) is 5.92 Å². The van der Waals surface area contributed by atoms with Gasteiger partial charge >= 0.3 is 0 Å². The molecule has 2 aliphatic rings. The van der Waals surface area contributed by atoms with Gasteiger partial charge < -0.3 is 19.1 Å². The van der Waals surface area contributed by atoms with E-state index in [-0.39, 0.29) is 23.7 Å². The number of hydrogen-bond donors (Lipinski definition) is 0. The Kier molecular flexibility index (Phi) is 5.72. The third-order valence-corrected chi connectivity index (χ3v) is 6.07. The van der Waals surface area contributed by atoms with Crippen LogP contribution in [0.1, 0.15) is 40.8 Å². The van der Waals surface area contributed by atoms with E-state index in [4.69, 9.17) is 9.26 Å². The number of rotatable bonds is 6. The van der Waals surface area contributed by atoms with Crippen molar-refractivity contribution in [2.75, 3.05) is 39.9 Å². The van der Waals surface area contributed by atoms with Gasteiger partial charge in [-0.15, -0.1) is 0 Å². The molecule has 0 spiro atoms. The maximum absolute atomic E-state index is 12.5. The lowest BCUT2D eigenvalue weighted by atomic mass is 9.99. The lowest BCUT2D eigenvalue weighted by molar-refractivity contribution is -0.137. The van der Waals surface area contributed by atoms with Gasteiger partial charge in [-0.25, -0.2) is 0 Å². The Morgan fingerprint density at radius 3 is 2.82 bits per heavy atom. The van der Waals surface area contributed by atoms with Crippen LogP contribution >= 0.6 is 11.3 Å². The number of ether oxygens (including phenoxy) is 1. The molecule has 2 amide bonds. The Morgan fingerprint density at radius 2 is 2.11 bits per heavy atom. The first kappa shape index (κ1) is 19.1. The number of hydrogen-bond acceptors (Lipinski definition) is 7. The summed E-state index contributed by atoms with van der Waals surface area (Å²) in [5.74, 6) is 1.53. The van der Waals surface area contributed by atoms with Gasteiger partial charge in [-0.05, 0) is 24.3 Å². The minimum atomic E-state index is 0.0467. The molecule has 9 heteroatoms. The fourth-order valence-corrected chi connectivity index (χ4v) is 4.17. The Labute approximate surface area is 167 Å². The summed E-state index contributed by atoms with van der Waals surface area (Å²) in [6, 6.07) is 1.84. The van der Waals surface area contributed by atoms with Crippen LogP contribution in [-0.4, -0.2) is 71.7 Å². The van der Waals surface area contributed by atoms with Crippen molar-refractivity contribution < 1.29 is 18.8 Å². The number of aromatic nitrogens is 2. The van der Waals surface area contributed by atoms with Crippen LogP contribution in [0.4, 0.5) is 0 Å². The summed E-state index contributed by atoms with van der Waals surface area (Å²) in [6.07, 6.45) is 2.13. The van der Waals surface area contributed by atoms with Crippen molar-refractivity contribution in [1.82, 2.24) is 19.9 Å². The topological polar surface area (TPSA) is 88.8 Å². The molecule has 2 saturated heterocycles. The standard InChI is InChI=1S/C19H24N4O4S/c1-22(18(24)13-3-7-26-8-4-13)6-2-16-20-17(27-21-16)15-10-23(11-15)19(25)14-5-9-28-12-14/h5,9,12-13,15H,2-4,6-8,10-11H2,1H3. The molecule has 0 N–H and O–H groups in total. The van der Waals surface area contributed by atoms with Crippen LogP contribution in [0.3, 0.4) is 0 Å². The van der Waals surface area contributed by atoms with Crippen molar-refractivity contribution in [2.45, 2.75) is 25.2 Å². The third-order valence-electron chi connectivity index (χ3n) is 5.39. The van der Waals surface area contributed by atoms with Crippen LogP contribution in [0.2, 0.25) is 0 Å². The molecule has 0 unspecified atom stereocenters. The molecule has 150 valence electrons. The van der Waals surface area contributed by atoms with Crippen LogP contribution in [-0.2, 0) is 16.0 Å². The van der Waals surface area contributed by atoms with Gasteiger partial charge in [-0.2, -0.15) is 16.3 Å². The van der Waals surface area contributed by atoms with E-state index in [0.717, 1.165) is 18.4 Å². The summed E-state index contributed by atoms with van der Waals surface area (Å²) in [6.45, 7) is 3.07. The minimum absolute atomic E-state index is 0.0467. The van der Waals surface area contributed by atoms with Crippen molar-refractivity contribution in [3.8, 4) is 0 Å². The maximum atomic E-state index is 12.5. The van der Waals surface area contributed by atoms with E-state index in [1.165, 1.54) is 11.3 Å². The van der Waals surface area contributed by atoms with Crippen molar-refractivity contribution in [2.24, 2.45) is 5.92 Å². The second kappa shape index (κ2) is 8.40. The van der Waals surface area contributed by atoms with Gasteiger partial charge in [-0.3, -0.25) is 9.59 Å². The SMILES string of the molecule is CN(CCc1noc(C2CN(C(=O)c3ccsc3)C2)n1)C(=O)C1CCOCC1. The van der Waals surface area contributed by atoms with Crippen LogP contribution in [0.5, 0.6) is 0 Å². The maximum Gasteiger partial charge on any atom is 0.254 e. The molecule has 0 aliphatic carbocycles. The highest BCUT2D eigenvalue weighted by molar-refractivity contribution is 7.08. The highest BCUT2D eigenvalue weighted by Crippen LogP contribution is 2.27. The monoisotopic (exact) mass is 404 g/mol. The third kappa shape index (κ3) is 4.10. The Morgan fingerprint density at radius 1 is 1.32 bits per heavy atom. The summed E-state index contributed by atoms with van der Waals surface area (Å²) in [5, 5.41) is 7.80. The lowest BCUT2D eigenvalue weighted by Gasteiger charge is -2.36. The minimum Gasteiger partial charge on any atom is -0.381 e. The largest absolute Gasteiger partial charge is 0.381 e. The Hall–Kier alpha value is -2.26. The number of likely N-dealkylation sites (tertiary alicyclic amines) is 1. The summed E-state index contributed by atoms with van der Waals surface area (Å²) in [5.41, 5.74) is 0.729. The summed E-state index contributed by atoms with van der Waals surface area (Å²) in [7, 11) is 1.82. The molecule has 4 rings (SSSR count). The molecule has 2 aliphatic heterocycles. The lowest BCUT2D eigenvalue weighted by Crippen LogP contribution is -2.48. The van der Waals surface area contributed by atoms with Gasteiger partial charge in [0.25, 0.3) is 5.91 Å². The molecular formula is C19H24N4O4S. The van der Waals surface area contributed by atoms with Gasteiger partial charge in [0.15, 0.2) is 5.82 Å². The average molecular weight is 404 g/mol. The van der Waals surface area contributed by atoms with Crippen molar-refractivity contribution in [1.29, 1.82) is 0 Å². The van der Waals surface area contributed by atoms with Gasteiger partial charge in [0.1, 0.15) is 0 Å². The normalized spacial score (nSPS) is 18.1. The number of nitrogens with zero attached hydrogens (tertiary/aromatic N) is 4. The molecule has 2 fully saturated rings. The zero-order chi connectivity index (χ0) is 19.5. The molecule has 8 nitrogen and oxygen atoms in total. The van der Waals surface area contributed by atoms with Crippen molar-refractivity contribution in [3.05, 3.63) is 34.1 Å². The number of amides is 2. The zero-order valence-corrected chi connectivity index (χ0v) is 16.7. The van der Waals surface area contributed by atoms with Gasteiger partial charge in [0, 0.05) is 57.6 Å². The first-order chi connectivity index (χ1) is 13.6. The van der Waals surface area contributed by atoms with Gasteiger partial charge in [0.05, 0.1) is 11.5 Å². The Balaban J connectivity index is 1.24. The first-order valence-corrected chi connectivity index (χ1v) is 10.5. The quantitative estimate of drug-likeness (QED) is 0.729. The smallest absolute Gasteiger partial charge is 0.254 e. The average Bonchev–Trinajstić information content (AvgIpc) is 3.37. The van der Waals surface area contributed by atoms with Crippen molar-refractivity contribution >= 4 is 23.2 Å². The highest BCUT2D eigenvalue weighted by atomic mass is 32.1. The predicted octanol–water partition coefficient (Wildman–Crippen LogP) is 1.80. The van der Waals surface area contributed by atoms with E-state index in [1.807, 2.05) is 23.9 Å². The van der Waals surface area contributed by atoms with Gasteiger partial charge in [-0.1, -0.05) is 5.16 Å². The number of carbonyl (C=O) groups is 2. The van der Waals surface area contributed by atoms with Crippen LogP contribution in [0.25, 0.3) is 0 Å². The van der Waals surface area contributed by atoms with Gasteiger partial charge in [0.2, 0.25) is 11.8 Å². The molecule has 0 saturated carbocycles. The second-order valence-electron chi connectivity index (χ2n) is 7.36. The molecule has 0 atom stereocenters. The molecule has 4 heterocycles. The van der Waals surface area contributed by atoms with E-state index in [1.54, 1.807) is 9.80 Å². The van der Waals surface area contributed by atoms with E-state index >= 15 is 0 Å². The van der Waals surface area contributed by atoms with Crippen molar-refractivity contribution in [3.63, 3.8) is 0 Å². The van der Waals surface area contributed by atoms with E-state index < -0.39 is 0 Å². The zero-order valence-electron chi connectivity index (χ0n) is 15.9. The summed E-state index contributed by atoms with van der Waals surface area (Å²) >= 11 is 1.52. The fourth-order valence-electron chi connectivity index (χ4n) is 3.54. The predicted molar refractivity (Wildman–Crippen MR) is 102 cm³/mol.